The Kier molecular flexibility index (Phi) is 4.65. The summed E-state index contributed by atoms with van der Waals surface area (Å²) in [5.41, 5.74) is 2.26. The van der Waals surface area contributed by atoms with Crippen molar-refractivity contribution >= 4 is 17.5 Å². The summed E-state index contributed by atoms with van der Waals surface area (Å²) in [5.74, 6) is 0.0850. The van der Waals surface area contributed by atoms with Gasteiger partial charge in [-0.05, 0) is 30.9 Å². The molecule has 2 unspecified atom stereocenters. The molecule has 1 fully saturated rings. The molecule has 1 N–H and O–H groups in total. The minimum absolute atomic E-state index is 0.0850. The number of halogens is 1. The predicted octanol–water partition coefficient (Wildman–Crippen LogP) is 3.20. The molecule has 0 aliphatic heterocycles. The number of aryl methyl sites for hydroxylation is 1. The second-order valence-corrected chi connectivity index (χ2v) is 5.64. The van der Waals surface area contributed by atoms with Crippen LogP contribution in [0.3, 0.4) is 0 Å². The third kappa shape index (κ3) is 3.49. The van der Waals surface area contributed by atoms with Gasteiger partial charge in [0, 0.05) is 6.04 Å². The number of alkyl halides is 1. The van der Waals surface area contributed by atoms with Crippen molar-refractivity contribution in [3.8, 4) is 0 Å². The number of carbonyl (C=O) groups excluding carboxylic acids is 1. The molecule has 1 amide bonds. The first-order chi connectivity index (χ1) is 8.66. The highest BCUT2D eigenvalue weighted by molar-refractivity contribution is 6.21. The predicted molar refractivity (Wildman–Crippen MR) is 74.9 cm³/mol. The summed E-state index contributed by atoms with van der Waals surface area (Å²) >= 11 is 6.25. The Bertz CT molecular complexity index is 419. The molecule has 1 saturated carbocycles. The van der Waals surface area contributed by atoms with E-state index in [1.54, 1.807) is 0 Å². The molecule has 0 radical (unpaired) electrons. The Hall–Kier alpha value is -1.02. The van der Waals surface area contributed by atoms with E-state index in [1.807, 2.05) is 31.2 Å². The van der Waals surface area contributed by atoms with Gasteiger partial charge in [0.1, 0.15) is 0 Å². The number of amides is 1. The molecule has 0 saturated heterocycles. The molecular formula is C15H20ClNO. The molecule has 1 aliphatic carbocycles. The van der Waals surface area contributed by atoms with Gasteiger partial charge in [-0.2, -0.15) is 0 Å². The van der Waals surface area contributed by atoms with E-state index in [2.05, 4.69) is 5.32 Å². The monoisotopic (exact) mass is 265 g/mol. The van der Waals surface area contributed by atoms with Crippen molar-refractivity contribution in [1.82, 2.24) is 5.32 Å². The molecule has 3 heteroatoms. The van der Waals surface area contributed by atoms with Crippen LogP contribution in [-0.4, -0.2) is 17.3 Å². The summed E-state index contributed by atoms with van der Waals surface area (Å²) in [6.45, 7) is 2.04. The lowest BCUT2D eigenvalue weighted by molar-refractivity contribution is -0.121. The summed E-state index contributed by atoms with van der Waals surface area (Å²) < 4.78 is 0. The van der Waals surface area contributed by atoms with Crippen molar-refractivity contribution in [2.75, 3.05) is 0 Å². The first-order valence-electron chi connectivity index (χ1n) is 6.65. The van der Waals surface area contributed by atoms with E-state index >= 15 is 0 Å². The second kappa shape index (κ2) is 6.24. The van der Waals surface area contributed by atoms with Gasteiger partial charge in [-0.3, -0.25) is 4.79 Å². The van der Waals surface area contributed by atoms with Crippen molar-refractivity contribution in [3.05, 3.63) is 35.4 Å². The summed E-state index contributed by atoms with van der Waals surface area (Å²) in [7, 11) is 0. The van der Waals surface area contributed by atoms with E-state index in [1.165, 1.54) is 18.4 Å². The lowest BCUT2D eigenvalue weighted by Gasteiger charge is -2.27. The van der Waals surface area contributed by atoms with Gasteiger partial charge in [-0.15, -0.1) is 11.6 Å². The number of hydrogen-bond acceptors (Lipinski definition) is 1. The van der Waals surface area contributed by atoms with E-state index in [4.69, 9.17) is 11.6 Å². The fourth-order valence-electron chi connectivity index (χ4n) is 2.49. The molecule has 1 aromatic rings. The Morgan fingerprint density at radius 3 is 2.78 bits per heavy atom. The Labute approximate surface area is 114 Å². The lowest BCUT2D eigenvalue weighted by atomic mass is 9.94. The highest BCUT2D eigenvalue weighted by atomic mass is 35.5. The van der Waals surface area contributed by atoms with Crippen LogP contribution in [0, 0.1) is 6.92 Å². The van der Waals surface area contributed by atoms with Crippen LogP contribution in [0.5, 0.6) is 0 Å². The third-order valence-corrected chi connectivity index (χ3v) is 4.16. The van der Waals surface area contributed by atoms with Crippen LogP contribution in [0.1, 0.15) is 36.8 Å². The number of nitrogens with one attached hydrogen (secondary N) is 1. The zero-order chi connectivity index (χ0) is 13.0. The van der Waals surface area contributed by atoms with E-state index in [9.17, 15) is 4.79 Å². The van der Waals surface area contributed by atoms with Gasteiger partial charge in [0.05, 0.1) is 11.8 Å². The highest BCUT2D eigenvalue weighted by Gasteiger charge is 2.24. The average Bonchev–Trinajstić information content (AvgIpc) is 2.35. The molecule has 18 heavy (non-hydrogen) atoms. The molecule has 2 nitrogen and oxygen atoms in total. The van der Waals surface area contributed by atoms with Gasteiger partial charge < -0.3 is 5.32 Å². The van der Waals surface area contributed by atoms with Crippen molar-refractivity contribution in [2.45, 2.75) is 50.4 Å². The van der Waals surface area contributed by atoms with E-state index < -0.39 is 0 Å². The van der Waals surface area contributed by atoms with Crippen LogP contribution in [0.15, 0.2) is 24.3 Å². The maximum atomic E-state index is 12.0. The normalized spacial score (nSPS) is 23.7. The number of benzene rings is 1. The Balaban J connectivity index is 1.90. The first kappa shape index (κ1) is 13.4. The zero-order valence-corrected chi connectivity index (χ0v) is 11.5. The number of rotatable bonds is 3. The Morgan fingerprint density at radius 1 is 1.33 bits per heavy atom. The fraction of sp³-hybridized carbons (Fsp3) is 0.533. The van der Waals surface area contributed by atoms with E-state index in [0.717, 1.165) is 18.4 Å². The molecule has 0 bridgehead atoms. The summed E-state index contributed by atoms with van der Waals surface area (Å²) in [4.78, 5) is 12.0. The van der Waals surface area contributed by atoms with Crippen molar-refractivity contribution in [3.63, 3.8) is 0 Å². The summed E-state index contributed by atoms with van der Waals surface area (Å²) in [6, 6.07) is 8.16. The van der Waals surface area contributed by atoms with E-state index in [0.29, 0.717) is 6.42 Å². The standard InChI is InChI=1S/C15H20ClNO/c1-11-6-2-3-7-12(11)10-15(18)17-14-9-5-4-8-13(14)16/h2-3,6-7,13-14H,4-5,8-10H2,1H3,(H,17,18). The first-order valence-corrected chi connectivity index (χ1v) is 7.08. The molecule has 0 spiro atoms. The van der Waals surface area contributed by atoms with Crippen molar-refractivity contribution in [2.24, 2.45) is 0 Å². The molecular weight excluding hydrogens is 246 g/mol. The minimum Gasteiger partial charge on any atom is -0.352 e. The maximum Gasteiger partial charge on any atom is 0.224 e. The van der Waals surface area contributed by atoms with Gasteiger partial charge in [-0.1, -0.05) is 37.1 Å². The lowest BCUT2D eigenvalue weighted by Crippen LogP contribution is -2.43. The SMILES string of the molecule is Cc1ccccc1CC(=O)NC1CCCCC1Cl. The quantitative estimate of drug-likeness (QED) is 0.836. The highest BCUT2D eigenvalue weighted by Crippen LogP contribution is 2.23. The maximum absolute atomic E-state index is 12.0. The van der Waals surface area contributed by atoms with Crippen molar-refractivity contribution < 1.29 is 4.79 Å². The van der Waals surface area contributed by atoms with Gasteiger partial charge >= 0.3 is 0 Å². The van der Waals surface area contributed by atoms with Gasteiger partial charge in [0.25, 0.3) is 0 Å². The fourth-order valence-corrected chi connectivity index (χ4v) is 2.83. The minimum atomic E-state index is 0.0850. The number of carbonyl (C=O) groups is 1. The number of hydrogen-bond donors (Lipinski definition) is 1. The largest absolute Gasteiger partial charge is 0.352 e. The smallest absolute Gasteiger partial charge is 0.224 e. The topological polar surface area (TPSA) is 29.1 Å². The van der Waals surface area contributed by atoms with Gasteiger partial charge in [-0.25, -0.2) is 0 Å². The Morgan fingerprint density at radius 2 is 2.06 bits per heavy atom. The summed E-state index contributed by atoms with van der Waals surface area (Å²) in [6.07, 6.45) is 4.81. The molecule has 0 aromatic heterocycles. The zero-order valence-electron chi connectivity index (χ0n) is 10.8. The average molecular weight is 266 g/mol. The molecule has 0 heterocycles. The van der Waals surface area contributed by atoms with Crippen LogP contribution in [0.4, 0.5) is 0 Å². The summed E-state index contributed by atoms with van der Waals surface area (Å²) in [5, 5.41) is 3.17. The van der Waals surface area contributed by atoms with Crippen LogP contribution >= 0.6 is 11.6 Å². The van der Waals surface area contributed by atoms with Crippen LogP contribution < -0.4 is 5.32 Å². The third-order valence-electron chi connectivity index (χ3n) is 3.64. The molecule has 1 aliphatic rings. The van der Waals surface area contributed by atoms with Gasteiger partial charge in [0.15, 0.2) is 0 Å². The van der Waals surface area contributed by atoms with Crippen molar-refractivity contribution in [1.29, 1.82) is 0 Å². The molecule has 98 valence electrons. The second-order valence-electron chi connectivity index (χ2n) is 5.08. The van der Waals surface area contributed by atoms with Crippen LogP contribution in [0.2, 0.25) is 0 Å². The van der Waals surface area contributed by atoms with Crippen LogP contribution in [-0.2, 0) is 11.2 Å². The molecule has 2 atom stereocenters. The molecule has 2 rings (SSSR count). The molecule has 1 aromatic carbocycles. The van der Waals surface area contributed by atoms with Crippen LogP contribution in [0.25, 0.3) is 0 Å². The van der Waals surface area contributed by atoms with Gasteiger partial charge in [0.2, 0.25) is 5.91 Å². The van der Waals surface area contributed by atoms with E-state index in [-0.39, 0.29) is 17.3 Å².